The van der Waals surface area contributed by atoms with Crippen LogP contribution >= 0.6 is 0 Å². The largest absolute Gasteiger partial charge is 0.497 e. The Balaban J connectivity index is 1.91. The zero-order chi connectivity index (χ0) is 16.9. The molecule has 2 heterocycles. The summed E-state index contributed by atoms with van der Waals surface area (Å²) in [5, 5.41) is 3.40. The van der Waals surface area contributed by atoms with E-state index in [1.807, 2.05) is 29.2 Å². The Morgan fingerprint density at radius 1 is 1.33 bits per heavy atom. The van der Waals surface area contributed by atoms with Crippen LogP contribution in [0.2, 0.25) is 0 Å². The number of carbonyl (C=O) groups excluding carboxylic acids is 1. The molecule has 1 amide bonds. The van der Waals surface area contributed by atoms with Crippen molar-refractivity contribution in [1.29, 1.82) is 0 Å². The first-order valence-electron chi connectivity index (χ1n) is 8.67. The second-order valence-corrected chi connectivity index (χ2v) is 6.41. The molecule has 1 N–H and O–H groups in total. The van der Waals surface area contributed by atoms with E-state index < -0.39 is 0 Å². The number of hydrogen-bond donors (Lipinski definition) is 1. The second kappa shape index (κ2) is 7.96. The van der Waals surface area contributed by atoms with Crippen LogP contribution in [0, 0.1) is 0 Å². The fourth-order valence-corrected chi connectivity index (χ4v) is 3.48. The number of hydrogen-bond acceptors (Lipinski definition) is 5. The second-order valence-electron chi connectivity index (χ2n) is 6.41. The van der Waals surface area contributed by atoms with Gasteiger partial charge in [-0.1, -0.05) is 12.1 Å². The molecule has 0 spiro atoms. The van der Waals surface area contributed by atoms with Crippen LogP contribution in [0.25, 0.3) is 0 Å². The summed E-state index contributed by atoms with van der Waals surface area (Å²) in [6, 6.07) is 7.93. The van der Waals surface area contributed by atoms with Crippen LogP contribution in [0.1, 0.15) is 18.5 Å². The lowest BCUT2D eigenvalue weighted by molar-refractivity contribution is -0.142. The lowest BCUT2D eigenvalue weighted by atomic mass is 10.00. The minimum Gasteiger partial charge on any atom is -0.497 e. The van der Waals surface area contributed by atoms with Gasteiger partial charge in [0.2, 0.25) is 5.91 Å². The van der Waals surface area contributed by atoms with Gasteiger partial charge in [-0.2, -0.15) is 0 Å². The van der Waals surface area contributed by atoms with Crippen LogP contribution in [0.15, 0.2) is 24.3 Å². The maximum atomic E-state index is 13.3. The molecule has 2 atom stereocenters. The van der Waals surface area contributed by atoms with Gasteiger partial charge >= 0.3 is 0 Å². The maximum absolute atomic E-state index is 13.3. The lowest BCUT2D eigenvalue weighted by Gasteiger charge is -2.41. The van der Waals surface area contributed by atoms with E-state index in [4.69, 9.17) is 9.47 Å². The van der Waals surface area contributed by atoms with E-state index >= 15 is 0 Å². The normalized spacial score (nSPS) is 23.8. The Hall–Kier alpha value is -1.63. The van der Waals surface area contributed by atoms with Crippen molar-refractivity contribution in [1.82, 2.24) is 15.1 Å². The summed E-state index contributed by atoms with van der Waals surface area (Å²) in [4.78, 5) is 17.6. The number of piperazine rings is 1. The number of methoxy groups -OCH3 is 1. The van der Waals surface area contributed by atoms with Crippen molar-refractivity contribution < 1.29 is 14.3 Å². The minimum absolute atomic E-state index is 0.167. The molecule has 132 valence electrons. The van der Waals surface area contributed by atoms with Crippen molar-refractivity contribution in [2.24, 2.45) is 0 Å². The van der Waals surface area contributed by atoms with Gasteiger partial charge in [0.05, 0.1) is 20.3 Å². The van der Waals surface area contributed by atoms with Crippen LogP contribution < -0.4 is 10.1 Å². The number of benzene rings is 1. The highest BCUT2D eigenvalue weighted by Crippen LogP contribution is 2.29. The summed E-state index contributed by atoms with van der Waals surface area (Å²) in [5.41, 5.74) is 1.000. The van der Waals surface area contributed by atoms with Gasteiger partial charge in [-0.15, -0.1) is 0 Å². The summed E-state index contributed by atoms with van der Waals surface area (Å²) >= 11 is 0. The molecule has 0 radical (unpaired) electrons. The van der Waals surface area contributed by atoms with E-state index in [0.717, 1.165) is 30.9 Å². The van der Waals surface area contributed by atoms with Crippen LogP contribution in [0.5, 0.6) is 5.75 Å². The van der Waals surface area contributed by atoms with Gasteiger partial charge in [0, 0.05) is 38.8 Å². The van der Waals surface area contributed by atoms with Crippen molar-refractivity contribution in [3.8, 4) is 5.75 Å². The molecule has 6 nitrogen and oxygen atoms in total. The van der Waals surface area contributed by atoms with E-state index in [2.05, 4.69) is 17.1 Å². The number of rotatable bonds is 4. The Morgan fingerprint density at radius 3 is 2.83 bits per heavy atom. The van der Waals surface area contributed by atoms with Crippen molar-refractivity contribution in [2.75, 3.05) is 53.0 Å². The molecule has 0 aromatic heterocycles. The Kier molecular flexibility index (Phi) is 5.71. The Morgan fingerprint density at radius 2 is 2.12 bits per heavy atom. The summed E-state index contributed by atoms with van der Waals surface area (Å²) in [5.74, 6) is 0.954. The molecule has 0 aliphatic carbocycles. The van der Waals surface area contributed by atoms with E-state index in [9.17, 15) is 4.79 Å². The monoisotopic (exact) mass is 333 g/mol. The first-order valence-corrected chi connectivity index (χ1v) is 8.67. The van der Waals surface area contributed by atoms with Gasteiger partial charge in [0.15, 0.2) is 0 Å². The standard InChI is InChI=1S/C18H27N3O3/c1-14-13-19-6-7-21(14)17(15-4-3-5-16(12-15)23-2)18(22)20-8-10-24-11-9-20/h3-5,12,14,17,19H,6-11,13H2,1-2H3. The topological polar surface area (TPSA) is 54.0 Å². The van der Waals surface area contributed by atoms with Gasteiger partial charge in [0.25, 0.3) is 0 Å². The zero-order valence-electron chi connectivity index (χ0n) is 14.5. The SMILES string of the molecule is COc1cccc(C(C(=O)N2CCOCC2)N2CCNCC2C)c1. The number of nitrogens with zero attached hydrogens (tertiary/aromatic N) is 2. The molecule has 2 fully saturated rings. The maximum Gasteiger partial charge on any atom is 0.244 e. The third-order valence-electron chi connectivity index (χ3n) is 4.85. The molecule has 6 heteroatoms. The average molecular weight is 333 g/mol. The molecule has 2 saturated heterocycles. The van der Waals surface area contributed by atoms with Crippen molar-refractivity contribution in [3.63, 3.8) is 0 Å². The first kappa shape index (κ1) is 17.2. The van der Waals surface area contributed by atoms with Gasteiger partial charge in [0.1, 0.15) is 11.8 Å². The van der Waals surface area contributed by atoms with E-state index in [0.29, 0.717) is 32.3 Å². The van der Waals surface area contributed by atoms with E-state index in [1.54, 1.807) is 7.11 Å². The Labute approximate surface area is 143 Å². The Bertz CT molecular complexity index is 560. The summed E-state index contributed by atoms with van der Waals surface area (Å²) in [6.07, 6.45) is 0. The fourth-order valence-electron chi connectivity index (χ4n) is 3.48. The molecule has 0 saturated carbocycles. The smallest absolute Gasteiger partial charge is 0.244 e. The molecule has 2 unspecified atom stereocenters. The average Bonchev–Trinajstić information content (AvgIpc) is 2.64. The number of morpholine rings is 1. The highest BCUT2D eigenvalue weighted by Gasteiger charge is 2.35. The molecule has 3 rings (SSSR count). The van der Waals surface area contributed by atoms with Gasteiger partial charge < -0.3 is 19.7 Å². The van der Waals surface area contributed by atoms with Crippen LogP contribution in [-0.2, 0) is 9.53 Å². The first-order chi connectivity index (χ1) is 11.7. The number of nitrogens with one attached hydrogen (secondary N) is 1. The highest BCUT2D eigenvalue weighted by atomic mass is 16.5. The van der Waals surface area contributed by atoms with Crippen LogP contribution in [0.4, 0.5) is 0 Å². The van der Waals surface area contributed by atoms with E-state index in [1.165, 1.54) is 0 Å². The minimum atomic E-state index is -0.268. The quantitative estimate of drug-likeness (QED) is 0.887. The lowest BCUT2D eigenvalue weighted by Crippen LogP contribution is -2.55. The van der Waals surface area contributed by atoms with Gasteiger partial charge in [-0.25, -0.2) is 0 Å². The number of carbonyl (C=O) groups is 1. The molecule has 24 heavy (non-hydrogen) atoms. The molecule has 0 bridgehead atoms. The van der Waals surface area contributed by atoms with Crippen molar-refractivity contribution in [3.05, 3.63) is 29.8 Å². The third kappa shape index (κ3) is 3.71. The molecule has 2 aliphatic rings. The molecular formula is C18H27N3O3. The summed E-state index contributed by atoms with van der Waals surface area (Å²) in [7, 11) is 1.66. The molecule has 1 aromatic rings. The van der Waals surface area contributed by atoms with Crippen molar-refractivity contribution in [2.45, 2.75) is 19.0 Å². The van der Waals surface area contributed by atoms with Gasteiger partial charge in [-0.05, 0) is 24.6 Å². The fraction of sp³-hybridized carbons (Fsp3) is 0.611. The number of amides is 1. The van der Waals surface area contributed by atoms with Crippen LogP contribution in [0.3, 0.4) is 0 Å². The van der Waals surface area contributed by atoms with Crippen LogP contribution in [-0.4, -0.2) is 74.8 Å². The summed E-state index contributed by atoms with van der Waals surface area (Å²) in [6.45, 7) is 7.41. The van der Waals surface area contributed by atoms with E-state index in [-0.39, 0.29) is 11.9 Å². The number of ether oxygens (including phenoxy) is 2. The third-order valence-corrected chi connectivity index (χ3v) is 4.85. The predicted octanol–water partition coefficient (Wildman–Crippen LogP) is 0.889. The molecule has 1 aromatic carbocycles. The summed E-state index contributed by atoms with van der Waals surface area (Å²) < 4.78 is 10.8. The predicted molar refractivity (Wildman–Crippen MR) is 92.2 cm³/mol. The molecule has 2 aliphatic heterocycles. The highest BCUT2D eigenvalue weighted by molar-refractivity contribution is 5.83. The van der Waals surface area contributed by atoms with Crippen molar-refractivity contribution >= 4 is 5.91 Å². The molecular weight excluding hydrogens is 306 g/mol. The zero-order valence-corrected chi connectivity index (χ0v) is 14.5. The van der Waals surface area contributed by atoms with Gasteiger partial charge in [-0.3, -0.25) is 9.69 Å².